The lowest BCUT2D eigenvalue weighted by Crippen LogP contribution is -2.10. The van der Waals surface area contributed by atoms with E-state index in [1.807, 2.05) is 29.6 Å². The van der Waals surface area contributed by atoms with Crippen molar-refractivity contribution >= 4 is 22.9 Å². The average molecular weight is 381 g/mol. The molecule has 0 spiro atoms. The second-order valence-electron chi connectivity index (χ2n) is 6.52. The van der Waals surface area contributed by atoms with E-state index in [1.54, 1.807) is 13.2 Å². The normalized spacial score (nSPS) is 10.5. The number of thiophene rings is 1. The van der Waals surface area contributed by atoms with Gasteiger partial charge in [0, 0.05) is 17.3 Å². The van der Waals surface area contributed by atoms with Gasteiger partial charge in [0.2, 0.25) is 0 Å². The largest absolute Gasteiger partial charge is 0.497 e. The highest BCUT2D eigenvalue weighted by atomic mass is 32.1. The van der Waals surface area contributed by atoms with Crippen molar-refractivity contribution in [2.45, 2.75) is 27.4 Å². The molecule has 0 fully saturated rings. The fourth-order valence-corrected chi connectivity index (χ4v) is 3.81. The van der Waals surface area contributed by atoms with Crippen molar-refractivity contribution in [3.8, 4) is 11.5 Å². The zero-order chi connectivity index (χ0) is 19.4. The molecule has 1 heterocycles. The van der Waals surface area contributed by atoms with Crippen LogP contribution in [0.4, 0.5) is 5.69 Å². The summed E-state index contributed by atoms with van der Waals surface area (Å²) >= 11 is 1.41. The topological polar surface area (TPSA) is 47.6 Å². The molecule has 140 valence electrons. The van der Waals surface area contributed by atoms with Crippen molar-refractivity contribution in [3.05, 3.63) is 75.0 Å². The summed E-state index contributed by atoms with van der Waals surface area (Å²) in [5, 5.41) is 4.85. The molecule has 0 saturated carbocycles. The van der Waals surface area contributed by atoms with E-state index in [9.17, 15) is 4.79 Å². The summed E-state index contributed by atoms with van der Waals surface area (Å²) in [5.41, 5.74) is 5.16. The first-order valence-electron chi connectivity index (χ1n) is 8.69. The first kappa shape index (κ1) is 19.0. The fraction of sp³-hybridized carbons (Fsp3) is 0.227. The molecule has 0 bridgehead atoms. The van der Waals surface area contributed by atoms with Crippen molar-refractivity contribution in [3.63, 3.8) is 0 Å². The van der Waals surface area contributed by atoms with Crippen LogP contribution in [0.15, 0.2) is 47.8 Å². The summed E-state index contributed by atoms with van der Waals surface area (Å²) in [6.45, 7) is 6.62. The molecule has 3 aromatic rings. The van der Waals surface area contributed by atoms with Crippen LogP contribution in [0.3, 0.4) is 0 Å². The van der Waals surface area contributed by atoms with Crippen LogP contribution >= 0.6 is 11.3 Å². The molecule has 0 aliphatic rings. The first-order chi connectivity index (χ1) is 13.0. The Balaban J connectivity index is 1.65. The second kappa shape index (κ2) is 8.27. The van der Waals surface area contributed by atoms with Gasteiger partial charge in [-0.25, -0.2) is 0 Å². The van der Waals surface area contributed by atoms with Gasteiger partial charge in [0.05, 0.1) is 12.0 Å². The molecule has 0 aliphatic carbocycles. The zero-order valence-electron chi connectivity index (χ0n) is 16.0. The van der Waals surface area contributed by atoms with E-state index < -0.39 is 0 Å². The number of hydrogen-bond acceptors (Lipinski definition) is 4. The first-order valence-corrected chi connectivity index (χ1v) is 9.57. The van der Waals surface area contributed by atoms with Crippen molar-refractivity contribution in [1.29, 1.82) is 0 Å². The molecule has 0 radical (unpaired) electrons. The maximum absolute atomic E-state index is 12.5. The molecule has 1 aromatic heterocycles. The van der Waals surface area contributed by atoms with Gasteiger partial charge in [-0.15, -0.1) is 11.3 Å². The van der Waals surface area contributed by atoms with E-state index in [4.69, 9.17) is 9.47 Å². The Morgan fingerprint density at radius 2 is 1.81 bits per heavy atom. The molecule has 1 N–H and O–H groups in total. The van der Waals surface area contributed by atoms with Crippen LogP contribution in [0.1, 0.15) is 31.9 Å². The summed E-state index contributed by atoms with van der Waals surface area (Å²) in [4.78, 5) is 13.1. The molecule has 5 heteroatoms. The SMILES string of the molecule is COc1cccc(NC(=O)c2cc(COc3c(C)cc(C)cc3C)cs2)c1. The molecule has 4 nitrogen and oxygen atoms in total. The highest BCUT2D eigenvalue weighted by Crippen LogP contribution is 2.26. The van der Waals surface area contributed by atoms with Crippen LogP contribution in [-0.4, -0.2) is 13.0 Å². The van der Waals surface area contributed by atoms with Gasteiger partial charge in [-0.3, -0.25) is 4.79 Å². The molecule has 0 saturated heterocycles. The van der Waals surface area contributed by atoms with Gasteiger partial charge >= 0.3 is 0 Å². The Bertz CT molecular complexity index is 939. The molecule has 3 rings (SSSR count). The number of amides is 1. The van der Waals surface area contributed by atoms with Gasteiger partial charge in [0.15, 0.2) is 0 Å². The number of hydrogen-bond donors (Lipinski definition) is 1. The number of ether oxygens (including phenoxy) is 2. The molecule has 1 amide bonds. The average Bonchev–Trinajstić information content (AvgIpc) is 3.10. The third-order valence-corrected chi connectivity index (χ3v) is 5.17. The van der Waals surface area contributed by atoms with Gasteiger partial charge in [0.25, 0.3) is 5.91 Å². The Hall–Kier alpha value is -2.79. The third-order valence-electron chi connectivity index (χ3n) is 4.19. The number of carbonyl (C=O) groups is 1. The van der Waals surface area contributed by atoms with Gasteiger partial charge in [0.1, 0.15) is 18.1 Å². The van der Waals surface area contributed by atoms with Gasteiger partial charge in [-0.1, -0.05) is 23.8 Å². The van der Waals surface area contributed by atoms with Crippen LogP contribution < -0.4 is 14.8 Å². The van der Waals surface area contributed by atoms with Crippen LogP contribution in [0.2, 0.25) is 0 Å². The number of aryl methyl sites for hydroxylation is 3. The number of rotatable bonds is 6. The van der Waals surface area contributed by atoms with Crippen LogP contribution in [0.5, 0.6) is 11.5 Å². The van der Waals surface area contributed by atoms with E-state index in [1.165, 1.54) is 16.9 Å². The number of anilines is 1. The predicted octanol–water partition coefficient (Wildman–Crippen LogP) is 5.51. The molecule has 2 aromatic carbocycles. The number of carbonyl (C=O) groups excluding carboxylic acids is 1. The second-order valence-corrected chi connectivity index (χ2v) is 7.43. The minimum Gasteiger partial charge on any atom is -0.497 e. The Morgan fingerprint density at radius 3 is 2.52 bits per heavy atom. The minimum absolute atomic E-state index is 0.137. The van der Waals surface area contributed by atoms with Crippen molar-refractivity contribution in [1.82, 2.24) is 0 Å². The molecule has 0 atom stereocenters. The van der Waals surface area contributed by atoms with Gasteiger partial charge < -0.3 is 14.8 Å². The summed E-state index contributed by atoms with van der Waals surface area (Å²) in [5.74, 6) is 1.48. The van der Waals surface area contributed by atoms with Crippen LogP contribution in [0, 0.1) is 20.8 Å². The Labute approximate surface area is 163 Å². The number of benzene rings is 2. The lowest BCUT2D eigenvalue weighted by atomic mass is 10.1. The van der Waals surface area contributed by atoms with Crippen LogP contribution in [0.25, 0.3) is 0 Å². The van der Waals surface area contributed by atoms with Crippen molar-refractivity contribution in [2.75, 3.05) is 12.4 Å². The molecule has 0 unspecified atom stereocenters. The lowest BCUT2D eigenvalue weighted by molar-refractivity contribution is 0.103. The van der Waals surface area contributed by atoms with Crippen LogP contribution in [-0.2, 0) is 6.61 Å². The monoisotopic (exact) mass is 381 g/mol. The Morgan fingerprint density at radius 1 is 1.07 bits per heavy atom. The maximum atomic E-state index is 12.5. The summed E-state index contributed by atoms with van der Waals surface area (Å²) in [6.07, 6.45) is 0. The number of nitrogens with one attached hydrogen (secondary N) is 1. The third kappa shape index (κ3) is 4.68. The highest BCUT2D eigenvalue weighted by Gasteiger charge is 2.11. The molecular formula is C22H23NO3S. The lowest BCUT2D eigenvalue weighted by Gasteiger charge is -2.12. The molecular weight excluding hydrogens is 358 g/mol. The van der Waals surface area contributed by atoms with E-state index >= 15 is 0 Å². The van der Waals surface area contributed by atoms with E-state index in [-0.39, 0.29) is 5.91 Å². The zero-order valence-corrected chi connectivity index (χ0v) is 16.8. The molecule has 27 heavy (non-hydrogen) atoms. The van der Waals surface area contributed by atoms with Gasteiger partial charge in [-0.2, -0.15) is 0 Å². The number of methoxy groups -OCH3 is 1. The maximum Gasteiger partial charge on any atom is 0.265 e. The van der Waals surface area contributed by atoms with E-state index in [0.717, 1.165) is 22.4 Å². The van der Waals surface area contributed by atoms with E-state index in [2.05, 4.69) is 38.2 Å². The summed E-state index contributed by atoms with van der Waals surface area (Å²) in [7, 11) is 1.60. The fourth-order valence-electron chi connectivity index (χ4n) is 3.01. The minimum atomic E-state index is -0.137. The highest BCUT2D eigenvalue weighted by molar-refractivity contribution is 7.12. The Kier molecular flexibility index (Phi) is 5.81. The summed E-state index contributed by atoms with van der Waals surface area (Å²) in [6, 6.07) is 13.4. The van der Waals surface area contributed by atoms with Gasteiger partial charge in [-0.05, 0) is 55.5 Å². The standard InChI is InChI=1S/C22H23NO3S/c1-14-8-15(2)21(16(3)9-14)26-12-17-10-20(27-13-17)22(24)23-18-6-5-7-19(11-18)25-4/h5-11,13H,12H2,1-4H3,(H,23,24). The quantitative estimate of drug-likeness (QED) is 0.612. The van der Waals surface area contributed by atoms with Crippen molar-refractivity contribution in [2.24, 2.45) is 0 Å². The van der Waals surface area contributed by atoms with Crippen molar-refractivity contribution < 1.29 is 14.3 Å². The smallest absolute Gasteiger partial charge is 0.265 e. The van der Waals surface area contributed by atoms with E-state index in [0.29, 0.717) is 22.9 Å². The molecule has 0 aliphatic heterocycles. The predicted molar refractivity (Wildman–Crippen MR) is 110 cm³/mol. The summed E-state index contributed by atoms with van der Waals surface area (Å²) < 4.78 is 11.2.